The number of carboxylic acid groups (broad SMARTS) is 1. The summed E-state index contributed by atoms with van der Waals surface area (Å²) < 4.78 is 0.859. The van der Waals surface area contributed by atoms with Gasteiger partial charge in [-0.05, 0) is 46.5 Å². The quantitative estimate of drug-likeness (QED) is 0.937. The normalized spacial score (nSPS) is 12.1. The summed E-state index contributed by atoms with van der Waals surface area (Å²) in [6.07, 6.45) is 3.82. The first-order valence-electron chi connectivity index (χ1n) is 5.95. The van der Waals surface area contributed by atoms with Crippen molar-refractivity contribution in [3.8, 4) is 0 Å². The van der Waals surface area contributed by atoms with Crippen LogP contribution in [0.2, 0.25) is 0 Å². The van der Waals surface area contributed by atoms with Crippen molar-refractivity contribution in [1.82, 2.24) is 4.98 Å². The molecule has 1 atom stereocenters. The smallest absolute Gasteiger partial charge is 0.311 e. The van der Waals surface area contributed by atoms with Gasteiger partial charge >= 0.3 is 5.97 Å². The van der Waals surface area contributed by atoms with Crippen LogP contribution in [-0.4, -0.2) is 16.1 Å². The summed E-state index contributed by atoms with van der Waals surface area (Å²) in [6.45, 7) is 1.98. The molecule has 1 heterocycles. The molecule has 0 radical (unpaired) electrons. The maximum Gasteiger partial charge on any atom is 0.311 e. The predicted molar refractivity (Wildman–Crippen MR) is 77.2 cm³/mol. The minimum atomic E-state index is -0.816. The van der Waals surface area contributed by atoms with Crippen LogP contribution >= 0.6 is 15.9 Å². The van der Waals surface area contributed by atoms with Gasteiger partial charge in [0.2, 0.25) is 0 Å². The third kappa shape index (κ3) is 3.64. The zero-order valence-electron chi connectivity index (χ0n) is 10.5. The SMILES string of the molecule is Cc1ccc(C(Cc2cncc(Br)c2)C(=O)O)cc1. The zero-order valence-corrected chi connectivity index (χ0v) is 12.1. The first kappa shape index (κ1) is 13.7. The molecule has 19 heavy (non-hydrogen) atoms. The molecule has 0 aliphatic rings. The number of rotatable bonds is 4. The summed E-state index contributed by atoms with van der Waals surface area (Å²) in [7, 11) is 0. The highest BCUT2D eigenvalue weighted by Crippen LogP contribution is 2.23. The summed E-state index contributed by atoms with van der Waals surface area (Å²) in [5, 5.41) is 9.39. The average molecular weight is 320 g/mol. The van der Waals surface area contributed by atoms with Gasteiger partial charge in [-0.25, -0.2) is 0 Å². The van der Waals surface area contributed by atoms with Gasteiger partial charge in [0.1, 0.15) is 0 Å². The number of pyridine rings is 1. The number of carbonyl (C=O) groups is 1. The van der Waals surface area contributed by atoms with Gasteiger partial charge in [-0.3, -0.25) is 9.78 Å². The average Bonchev–Trinajstić information content (AvgIpc) is 2.37. The molecule has 0 saturated carbocycles. The number of halogens is 1. The highest BCUT2D eigenvalue weighted by Gasteiger charge is 2.20. The Kier molecular flexibility index (Phi) is 4.32. The summed E-state index contributed by atoms with van der Waals surface area (Å²) >= 11 is 3.34. The Morgan fingerprint density at radius 3 is 2.58 bits per heavy atom. The Morgan fingerprint density at radius 2 is 2.00 bits per heavy atom. The van der Waals surface area contributed by atoms with Crippen molar-refractivity contribution in [1.29, 1.82) is 0 Å². The van der Waals surface area contributed by atoms with Crippen molar-refractivity contribution in [3.05, 3.63) is 63.9 Å². The van der Waals surface area contributed by atoms with Crippen LogP contribution in [0.15, 0.2) is 47.2 Å². The summed E-state index contributed by atoms with van der Waals surface area (Å²) in [5.74, 6) is -1.36. The number of aliphatic carboxylic acids is 1. The molecule has 1 N–H and O–H groups in total. The van der Waals surface area contributed by atoms with Crippen molar-refractivity contribution >= 4 is 21.9 Å². The summed E-state index contributed by atoms with van der Waals surface area (Å²) in [6, 6.07) is 9.52. The van der Waals surface area contributed by atoms with Crippen molar-refractivity contribution in [3.63, 3.8) is 0 Å². The minimum absolute atomic E-state index is 0.435. The van der Waals surface area contributed by atoms with Crippen molar-refractivity contribution in [2.75, 3.05) is 0 Å². The second kappa shape index (κ2) is 5.97. The molecule has 98 valence electrons. The van der Waals surface area contributed by atoms with E-state index in [2.05, 4.69) is 20.9 Å². The molecule has 0 aliphatic heterocycles. The van der Waals surface area contributed by atoms with Gasteiger partial charge in [0.15, 0.2) is 0 Å². The lowest BCUT2D eigenvalue weighted by atomic mass is 9.92. The highest BCUT2D eigenvalue weighted by atomic mass is 79.9. The van der Waals surface area contributed by atoms with E-state index in [-0.39, 0.29) is 0 Å². The van der Waals surface area contributed by atoms with E-state index in [9.17, 15) is 9.90 Å². The molecule has 2 aromatic rings. The molecular weight excluding hydrogens is 306 g/mol. The van der Waals surface area contributed by atoms with Crippen molar-refractivity contribution in [2.45, 2.75) is 19.3 Å². The monoisotopic (exact) mass is 319 g/mol. The number of nitrogens with zero attached hydrogens (tertiary/aromatic N) is 1. The maximum absolute atomic E-state index is 11.4. The fraction of sp³-hybridized carbons (Fsp3) is 0.200. The maximum atomic E-state index is 11.4. The molecule has 4 heteroatoms. The van der Waals surface area contributed by atoms with Crippen LogP contribution in [0.3, 0.4) is 0 Å². The lowest BCUT2D eigenvalue weighted by Crippen LogP contribution is -2.14. The topological polar surface area (TPSA) is 50.2 Å². The Hall–Kier alpha value is -1.68. The van der Waals surface area contributed by atoms with E-state index < -0.39 is 11.9 Å². The molecule has 2 rings (SSSR count). The lowest BCUT2D eigenvalue weighted by Gasteiger charge is -2.13. The molecule has 0 aliphatic carbocycles. The molecule has 0 fully saturated rings. The second-order valence-corrected chi connectivity index (χ2v) is 5.43. The van der Waals surface area contributed by atoms with E-state index in [0.717, 1.165) is 21.2 Å². The first-order valence-corrected chi connectivity index (χ1v) is 6.74. The molecule has 1 unspecified atom stereocenters. The molecule has 1 aromatic carbocycles. The standard InChI is InChI=1S/C15H14BrNO2/c1-10-2-4-12(5-3-10)14(15(18)19)7-11-6-13(16)9-17-8-11/h2-6,8-9,14H,7H2,1H3,(H,18,19). The van der Waals surface area contributed by atoms with Gasteiger partial charge in [-0.15, -0.1) is 0 Å². The molecule has 0 spiro atoms. The van der Waals surface area contributed by atoms with E-state index in [0.29, 0.717) is 6.42 Å². The fourth-order valence-electron chi connectivity index (χ4n) is 1.95. The number of carboxylic acids is 1. The van der Waals surface area contributed by atoms with E-state index in [1.165, 1.54) is 0 Å². The highest BCUT2D eigenvalue weighted by molar-refractivity contribution is 9.10. The summed E-state index contributed by atoms with van der Waals surface area (Å²) in [5.41, 5.74) is 2.84. The largest absolute Gasteiger partial charge is 0.481 e. The van der Waals surface area contributed by atoms with Gasteiger partial charge in [0.05, 0.1) is 5.92 Å². The van der Waals surface area contributed by atoms with E-state index in [1.807, 2.05) is 37.3 Å². The fourth-order valence-corrected chi connectivity index (χ4v) is 2.36. The van der Waals surface area contributed by atoms with Gasteiger partial charge in [-0.2, -0.15) is 0 Å². The Bertz CT molecular complexity index is 581. The predicted octanol–water partition coefficient (Wildman–Crippen LogP) is 3.56. The first-order chi connectivity index (χ1) is 9.06. The van der Waals surface area contributed by atoms with Gasteiger partial charge < -0.3 is 5.11 Å². The lowest BCUT2D eigenvalue weighted by molar-refractivity contribution is -0.138. The van der Waals surface area contributed by atoms with Crippen LogP contribution in [0.5, 0.6) is 0 Å². The van der Waals surface area contributed by atoms with Crippen LogP contribution in [0.1, 0.15) is 22.6 Å². The van der Waals surface area contributed by atoms with E-state index in [1.54, 1.807) is 12.4 Å². The third-order valence-electron chi connectivity index (χ3n) is 2.98. The van der Waals surface area contributed by atoms with Crippen molar-refractivity contribution in [2.24, 2.45) is 0 Å². The summed E-state index contributed by atoms with van der Waals surface area (Å²) in [4.78, 5) is 15.5. The van der Waals surface area contributed by atoms with Gasteiger partial charge in [0, 0.05) is 16.9 Å². The van der Waals surface area contributed by atoms with E-state index >= 15 is 0 Å². The van der Waals surface area contributed by atoms with Gasteiger partial charge in [-0.1, -0.05) is 29.8 Å². The Morgan fingerprint density at radius 1 is 1.32 bits per heavy atom. The molecule has 0 saturated heterocycles. The second-order valence-electron chi connectivity index (χ2n) is 4.52. The molecule has 0 amide bonds. The Labute approximate surface area is 120 Å². The molecule has 0 bridgehead atoms. The molecule has 3 nitrogen and oxygen atoms in total. The van der Waals surface area contributed by atoms with Crippen LogP contribution < -0.4 is 0 Å². The number of hydrogen-bond acceptors (Lipinski definition) is 2. The minimum Gasteiger partial charge on any atom is -0.481 e. The number of hydrogen-bond donors (Lipinski definition) is 1. The molecular formula is C15H14BrNO2. The van der Waals surface area contributed by atoms with Gasteiger partial charge in [0.25, 0.3) is 0 Å². The van der Waals surface area contributed by atoms with Crippen LogP contribution in [0, 0.1) is 6.92 Å². The third-order valence-corrected chi connectivity index (χ3v) is 3.41. The van der Waals surface area contributed by atoms with Crippen LogP contribution in [0.25, 0.3) is 0 Å². The Balaban J connectivity index is 2.26. The zero-order chi connectivity index (χ0) is 13.8. The van der Waals surface area contributed by atoms with E-state index in [4.69, 9.17) is 0 Å². The number of benzene rings is 1. The number of aryl methyl sites for hydroxylation is 1. The molecule has 1 aromatic heterocycles. The number of aromatic nitrogens is 1. The van der Waals surface area contributed by atoms with Crippen LogP contribution in [-0.2, 0) is 11.2 Å². The van der Waals surface area contributed by atoms with Crippen molar-refractivity contribution < 1.29 is 9.90 Å². The van der Waals surface area contributed by atoms with Crippen LogP contribution in [0.4, 0.5) is 0 Å².